The lowest BCUT2D eigenvalue weighted by Crippen LogP contribution is -2.48. The largest absolute Gasteiger partial charge is 0.493 e. The Morgan fingerprint density at radius 2 is 1.94 bits per heavy atom. The standard InChI is InChI=1S/C25H23ClF2N4O3/c1-3-22(33)32-13-4-5-14(32)9-15(8-13)35-21-10-16-19(11-20(21)34-2)29-12-30-25(16)31-18-7-6-17(27)23(26)24(18)28/h3,6-7,10-15H,1,4-5,8-9H2,2H3,(H,29,30,31)/t13-,14?,15-/m1/s1. The van der Waals surface area contributed by atoms with Gasteiger partial charge in [-0.05, 0) is 37.1 Å². The Morgan fingerprint density at radius 3 is 2.63 bits per heavy atom. The van der Waals surface area contributed by atoms with E-state index in [0.29, 0.717) is 41.1 Å². The topological polar surface area (TPSA) is 76.6 Å². The van der Waals surface area contributed by atoms with Crippen LogP contribution in [-0.4, -0.2) is 46.1 Å². The second-order valence-electron chi connectivity index (χ2n) is 8.64. The van der Waals surface area contributed by atoms with Crippen molar-refractivity contribution in [1.29, 1.82) is 0 Å². The number of methoxy groups -OCH3 is 1. The van der Waals surface area contributed by atoms with Crippen molar-refractivity contribution in [3.05, 3.63) is 59.9 Å². The molecule has 0 spiro atoms. The van der Waals surface area contributed by atoms with Crippen LogP contribution in [0.4, 0.5) is 20.3 Å². The third-order valence-corrected chi connectivity index (χ3v) is 6.97. The number of nitrogens with one attached hydrogen (secondary N) is 1. The van der Waals surface area contributed by atoms with Gasteiger partial charge < -0.3 is 19.7 Å². The summed E-state index contributed by atoms with van der Waals surface area (Å²) in [4.78, 5) is 22.7. The van der Waals surface area contributed by atoms with E-state index >= 15 is 0 Å². The van der Waals surface area contributed by atoms with Gasteiger partial charge in [-0.1, -0.05) is 18.2 Å². The molecule has 3 aromatic rings. The van der Waals surface area contributed by atoms with E-state index in [1.807, 2.05) is 4.90 Å². The fourth-order valence-electron chi connectivity index (χ4n) is 5.03. The molecule has 2 fully saturated rings. The molecule has 0 aliphatic carbocycles. The van der Waals surface area contributed by atoms with E-state index < -0.39 is 16.7 Å². The number of fused-ring (bicyclic) bond motifs is 3. The van der Waals surface area contributed by atoms with Crippen LogP contribution in [0.1, 0.15) is 25.7 Å². The highest BCUT2D eigenvalue weighted by molar-refractivity contribution is 6.31. The molecule has 0 saturated carbocycles. The molecular weight excluding hydrogens is 478 g/mol. The quantitative estimate of drug-likeness (QED) is 0.361. The molecule has 182 valence electrons. The van der Waals surface area contributed by atoms with Crippen LogP contribution >= 0.6 is 11.6 Å². The molecule has 2 saturated heterocycles. The summed E-state index contributed by atoms with van der Waals surface area (Å²) in [6.07, 6.45) is 5.86. The van der Waals surface area contributed by atoms with Gasteiger partial charge in [0.1, 0.15) is 29.1 Å². The van der Waals surface area contributed by atoms with Gasteiger partial charge in [0, 0.05) is 36.4 Å². The highest BCUT2D eigenvalue weighted by Gasteiger charge is 2.43. The summed E-state index contributed by atoms with van der Waals surface area (Å²) in [5, 5.41) is 2.83. The van der Waals surface area contributed by atoms with Crippen LogP contribution in [-0.2, 0) is 4.79 Å². The number of piperidine rings is 1. The zero-order valence-electron chi connectivity index (χ0n) is 18.9. The van der Waals surface area contributed by atoms with Gasteiger partial charge in [0.15, 0.2) is 17.3 Å². The van der Waals surface area contributed by atoms with Crippen molar-refractivity contribution in [3.63, 3.8) is 0 Å². The molecule has 2 aromatic carbocycles. The number of aromatic nitrogens is 2. The smallest absolute Gasteiger partial charge is 0.246 e. The molecule has 1 aromatic heterocycles. The molecule has 10 heteroatoms. The van der Waals surface area contributed by atoms with Gasteiger partial charge in [-0.15, -0.1) is 0 Å². The number of nitrogens with zero attached hydrogens (tertiary/aromatic N) is 3. The monoisotopic (exact) mass is 500 g/mol. The summed E-state index contributed by atoms with van der Waals surface area (Å²) >= 11 is 5.72. The zero-order valence-corrected chi connectivity index (χ0v) is 19.7. The lowest BCUT2D eigenvalue weighted by molar-refractivity contribution is -0.131. The Morgan fingerprint density at radius 1 is 1.20 bits per heavy atom. The number of amides is 1. The first-order chi connectivity index (χ1) is 16.9. The number of benzene rings is 2. The average molecular weight is 501 g/mol. The number of rotatable bonds is 6. The molecule has 2 bridgehead atoms. The van der Waals surface area contributed by atoms with Gasteiger partial charge in [-0.3, -0.25) is 4.79 Å². The highest BCUT2D eigenvalue weighted by Crippen LogP contribution is 2.41. The number of hydrogen-bond acceptors (Lipinski definition) is 6. The van der Waals surface area contributed by atoms with E-state index in [0.717, 1.165) is 18.9 Å². The van der Waals surface area contributed by atoms with Crippen molar-refractivity contribution in [2.75, 3.05) is 12.4 Å². The Bertz CT molecular complexity index is 1310. The minimum Gasteiger partial charge on any atom is -0.493 e. The van der Waals surface area contributed by atoms with E-state index in [4.69, 9.17) is 21.1 Å². The number of halogens is 3. The predicted molar refractivity (Wildman–Crippen MR) is 128 cm³/mol. The molecule has 35 heavy (non-hydrogen) atoms. The number of ether oxygens (including phenoxy) is 2. The number of hydrogen-bond donors (Lipinski definition) is 1. The van der Waals surface area contributed by atoms with Gasteiger partial charge in [0.05, 0.1) is 18.3 Å². The lowest BCUT2D eigenvalue weighted by Gasteiger charge is -2.38. The molecule has 3 heterocycles. The van der Waals surface area contributed by atoms with Gasteiger partial charge in [-0.25, -0.2) is 18.7 Å². The van der Waals surface area contributed by atoms with E-state index in [-0.39, 0.29) is 29.8 Å². The molecule has 1 N–H and O–H groups in total. The van der Waals surface area contributed by atoms with Crippen molar-refractivity contribution in [2.45, 2.75) is 43.9 Å². The Labute approximate surface area is 205 Å². The van der Waals surface area contributed by atoms with E-state index in [1.54, 1.807) is 19.2 Å². The van der Waals surface area contributed by atoms with Crippen molar-refractivity contribution in [3.8, 4) is 11.5 Å². The van der Waals surface area contributed by atoms with Gasteiger partial charge in [-0.2, -0.15) is 0 Å². The summed E-state index contributed by atoms with van der Waals surface area (Å²) in [6.45, 7) is 3.62. The van der Waals surface area contributed by atoms with Crippen LogP contribution in [0.2, 0.25) is 5.02 Å². The maximum absolute atomic E-state index is 14.5. The Balaban J connectivity index is 1.45. The molecule has 3 atom stereocenters. The number of carbonyl (C=O) groups is 1. The SMILES string of the molecule is C=CC(=O)N1C2CC[C@@H]1C[C@@H](Oc1cc3c(Nc4ccc(F)c(Cl)c4F)ncnc3cc1OC)C2. The molecular formula is C25H23ClF2N4O3. The summed E-state index contributed by atoms with van der Waals surface area (Å²) in [6, 6.07) is 6.01. The zero-order chi connectivity index (χ0) is 24.7. The summed E-state index contributed by atoms with van der Waals surface area (Å²) in [5.74, 6) is -0.522. The average Bonchev–Trinajstić information content (AvgIpc) is 3.13. The maximum Gasteiger partial charge on any atom is 0.246 e. The summed E-state index contributed by atoms with van der Waals surface area (Å²) in [5.41, 5.74) is 0.525. The first kappa shape index (κ1) is 23.3. The molecule has 7 nitrogen and oxygen atoms in total. The highest BCUT2D eigenvalue weighted by atomic mass is 35.5. The van der Waals surface area contributed by atoms with Crippen LogP contribution in [0.5, 0.6) is 11.5 Å². The Kier molecular flexibility index (Phi) is 6.19. The van der Waals surface area contributed by atoms with E-state index in [2.05, 4.69) is 21.9 Å². The van der Waals surface area contributed by atoms with Gasteiger partial charge in [0.25, 0.3) is 0 Å². The van der Waals surface area contributed by atoms with Crippen LogP contribution in [0.3, 0.4) is 0 Å². The van der Waals surface area contributed by atoms with Crippen LogP contribution in [0.25, 0.3) is 10.9 Å². The second kappa shape index (κ2) is 9.30. The Hall–Kier alpha value is -3.46. The van der Waals surface area contributed by atoms with Crippen LogP contribution < -0.4 is 14.8 Å². The first-order valence-corrected chi connectivity index (χ1v) is 11.6. The molecule has 2 aliphatic rings. The fourth-order valence-corrected chi connectivity index (χ4v) is 5.20. The predicted octanol–water partition coefficient (Wildman–Crippen LogP) is 5.40. The lowest BCUT2D eigenvalue weighted by atomic mass is 9.99. The van der Waals surface area contributed by atoms with Crippen LogP contribution in [0.15, 0.2) is 43.2 Å². The minimum atomic E-state index is -0.917. The van der Waals surface area contributed by atoms with Crippen molar-refractivity contribution < 1.29 is 23.0 Å². The van der Waals surface area contributed by atoms with Crippen LogP contribution in [0, 0.1) is 11.6 Å². The number of carbonyl (C=O) groups excluding carboxylic acids is 1. The van der Waals surface area contributed by atoms with Gasteiger partial charge >= 0.3 is 0 Å². The summed E-state index contributed by atoms with van der Waals surface area (Å²) in [7, 11) is 1.54. The molecule has 1 amide bonds. The molecule has 5 rings (SSSR count). The minimum absolute atomic E-state index is 0.0227. The molecule has 0 radical (unpaired) electrons. The molecule has 2 aliphatic heterocycles. The fraction of sp³-hybridized carbons (Fsp3) is 0.320. The maximum atomic E-state index is 14.5. The third kappa shape index (κ3) is 4.25. The van der Waals surface area contributed by atoms with Gasteiger partial charge in [0.2, 0.25) is 5.91 Å². The normalized spacial score (nSPS) is 21.1. The second-order valence-corrected chi connectivity index (χ2v) is 9.01. The third-order valence-electron chi connectivity index (χ3n) is 6.62. The van der Waals surface area contributed by atoms with E-state index in [1.165, 1.54) is 18.5 Å². The summed E-state index contributed by atoms with van der Waals surface area (Å²) < 4.78 is 40.0. The van der Waals surface area contributed by atoms with Crippen molar-refractivity contribution in [2.24, 2.45) is 0 Å². The molecule has 1 unspecified atom stereocenters. The van der Waals surface area contributed by atoms with Crippen molar-refractivity contribution >= 4 is 39.9 Å². The first-order valence-electron chi connectivity index (χ1n) is 11.2. The van der Waals surface area contributed by atoms with E-state index in [9.17, 15) is 13.6 Å². The number of anilines is 2. The van der Waals surface area contributed by atoms with Crippen molar-refractivity contribution in [1.82, 2.24) is 14.9 Å².